The summed E-state index contributed by atoms with van der Waals surface area (Å²) in [5.41, 5.74) is 4.20. The average Bonchev–Trinajstić information content (AvgIpc) is 3.28. The molecule has 0 atom stereocenters. The first-order chi connectivity index (χ1) is 14.5. The Labute approximate surface area is 188 Å². The van der Waals surface area contributed by atoms with Gasteiger partial charge < -0.3 is 4.42 Å². The third kappa shape index (κ3) is 3.41. The van der Waals surface area contributed by atoms with Crippen molar-refractivity contribution in [1.29, 1.82) is 0 Å². The first kappa shape index (κ1) is 19.6. The molecule has 0 saturated heterocycles. The van der Waals surface area contributed by atoms with Crippen LogP contribution in [-0.4, -0.2) is 20.0 Å². The summed E-state index contributed by atoms with van der Waals surface area (Å²) >= 11 is 18.5. The second-order valence-corrected chi connectivity index (χ2v) is 8.66. The summed E-state index contributed by atoms with van der Waals surface area (Å²) in [5, 5.41) is 15.0. The van der Waals surface area contributed by atoms with Gasteiger partial charge in [-0.2, -0.15) is 5.10 Å². The summed E-state index contributed by atoms with van der Waals surface area (Å²) in [7, 11) is 0. The summed E-state index contributed by atoms with van der Waals surface area (Å²) in [5.74, 6) is 1.47. The lowest BCUT2D eigenvalue weighted by Gasteiger charge is -2.20. The largest absolute Gasteiger partial charge is 0.419 e. The van der Waals surface area contributed by atoms with Gasteiger partial charge in [0.25, 0.3) is 5.89 Å². The number of aromatic nitrogens is 4. The fourth-order valence-electron chi connectivity index (χ4n) is 3.60. The lowest BCUT2D eigenvalue weighted by atomic mass is 9.85. The standard InChI is InChI=1S/C22H17Cl3N4O/c1-12-19(22-27-26-21(30-22)14-3-2-4-14)28-29(16-9-10-17(24)18(25)11-16)20(12)13-5-7-15(23)8-6-13/h5-11,14H,2-4H2,1H3. The van der Waals surface area contributed by atoms with Gasteiger partial charge in [0.05, 0.1) is 21.4 Å². The van der Waals surface area contributed by atoms with Crippen molar-refractivity contribution in [2.75, 3.05) is 0 Å². The molecule has 0 amide bonds. The van der Waals surface area contributed by atoms with Gasteiger partial charge in [0.15, 0.2) is 5.69 Å². The van der Waals surface area contributed by atoms with Crippen LogP contribution in [0.5, 0.6) is 0 Å². The summed E-state index contributed by atoms with van der Waals surface area (Å²) in [6.07, 6.45) is 3.39. The fraction of sp³-hybridized carbons (Fsp3) is 0.227. The summed E-state index contributed by atoms with van der Waals surface area (Å²) in [6.45, 7) is 1.99. The van der Waals surface area contributed by atoms with E-state index in [2.05, 4.69) is 10.2 Å². The molecule has 1 saturated carbocycles. The molecule has 5 nitrogen and oxygen atoms in total. The Kier molecular flexibility index (Phi) is 5.05. The van der Waals surface area contributed by atoms with Gasteiger partial charge >= 0.3 is 0 Å². The van der Waals surface area contributed by atoms with Gasteiger partial charge in [0.2, 0.25) is 5.89 Å². The smallest absolute Gasteiger partial charge is 0.268 e. The average molecular weight is 460 g/mol. The Hall–Kier alpha value is -2.34. The second-order valence-electron chi connectivity index (χ2n) is 7.41. The zero-order valence-electron chi connectivity index (χ0n) is 16.1. The Bertz CT molecular complexity index is 1230. The molecule has 5 rings (SSSR count). The lowest BCUT2D eigenvalue weighted by Crippen LogP contribution is -2.08. The van der Waals surface area contributed by atoms with E-state index >= 15 is 0 Å². The highest BCUT2D eigenvalue weighted by Gasteiger charge is 2.28. The van der Waals surface area contributed by atoms with E-state index in [1.165, 1.54) is 6.42 Å². The Morgan fingerprint density at radius 2 is 1.73 bits per heavy atom. The maximum absolute atomic E-state index is 6.28. The highest BCUT2D eigenvalue weighted by atomic mass is 35.5. The van der Waals surface area contributed by atoms with Crippen molar-refractivity contribution in [3.8, 4) is 28.5 Å². The molecular weight excluding hydrogens is 443 g/mol. The van der Waals surface area contributed by atoms with Gasteiger partial charge in [-0.3, -0.25) is 0 Å². The maximum atomic E-state index is 6.28. The van der Waals surface area contributed by atoms with E-state index < -0.39 is 0 Å². The van der Waals surface area contributed by atoms with E-state index in [-0.39, 0.29) is 0 Å². The molecule has 2 aromatic heterocycles. The normalized spacial score (nSPS) is 14.1. The van der Waals surface area contributed by atoms with Crippen molar-refractivity contribution < 1.29 is 4.42 Å². The molecule has 4 aromatic rings. The van der Waals surface area contributed by atoms with Crippen LogP contribution in [0.4, 0.5) is 0 Å². The van der Waals surface area contributed by atoms with Gasteiger partial charge in [-0.15, -0.1) is 10.2 Å². The van der Waals surface area contributed by atoms with Crippen LogP contribution < -0.4 is 0 Å². The zero-order valence-corrected chi connectivity index (χ0v) is 18.3. The highest BCUT2D eigenvalue weighted by molar-refractivity contribution is 6.42. The van der Waals surface area contributed by atoms with E-state index in [1.807, 2.05) is 41.9 Å². The van der Waals surface area contributed by atoms with Crippen molar-refractivity contribution in [2.45, 2.75) is 32.1 Å². The van der Waals surface area contributed by atoms with Gasteiger partial charge in [0.1, 0.15) is 0 Å². The second kappa shape index (κ2) is 7.73. The predicted octanol–water partition coefficient (Wildman–Crippen LogP) is 7.13. The van der Waals surface area contributed by atoms with Crippen LogP contribution in [0.15, 0.2) is 46.9 Å². The van der Waals surface area contributed by atoms with Crippen LogP contribution in [-0.2, 0) is 0 Å². The SMILES string of the molecule is Cc1c(-c2nnc(C3CCC3)o2)nn(-c2ccc(Cl)c(Cl)c2)c1-c1ccc(Cl)cc1. The molecular formula is C22H17Cl3N4O. The highest BCUT2D eigenvalue weighted by Crippen LogP contribution is 2.38. The summed E-state index contributed by atoms with van der Waals surface area (Å²) < 4.78 is 7.81. The number of rotatable bonds is 4. The third-order valence-electron chi connectivity index (χ3n) is 5.49. The van der Waals surface area contributed by atoms with Crippen LogP contribution in [0.2, 0.25) is 15.1 Å². The lowest BCUT2D eigenvalue weighted by molar-refractivity contribution is 0.338. The molecule has 152 valence electrons. The van der Waals surface area contributed by atoms with E-state index in [4.69, 9.17) is 44.3 Å². The number of benzene rings is 2. The molecule has 1 aliphatic carbocycles. The Morgan fingerprint density at radius 3 is 2.40 bits per heavy atom. The Morgan fingerprint density at radius 1 is 0.967 bits per heavy atom. The zero-order chi connectivity index (χ0) is 20.8. The first-order valence-electron chi connectivity index (χ1n) is 9.66. The number of nitrogens with zero attached hydrogens (tertiary/aromatic N) is 4. The van der Waals surface area contributed by atoms with E-state index in [1.54, 1.807) is 12.1 Å². The molecule has 2 heterocycles. The monoisotopic (exact) mass is 458 g/mol. The van der Waals surface area contributed by atoms with Crippen molar-refractivity contribution >= 4 is 34.8 Å². The van der Waals surface area contributed by atoms with Crippen LogP contribution in [0, 0.1) is 6.92 Å². The molecule has 0 N–H and O–H groups in total. The number of hydrogen-bond acceptors (Lipinski definition) is 4. The van der Waals surface area contributed by atoms with E-state index in [9.17, 15) is 0 Å². The van der Waals surface area contributed by atoms with Crippen LogP contribution in [0.25, 0.3) is 28.5 Å². The molecule has 0 aliphatic heterocycles. The van der Waals surface area contributed by atoms with E-state index in [0.29, 0.717) is 38.5 Å². The minimum Gasteiger partial charge on any atom is -0.419 e. The van der Waals surface area contributed by atoms with Crippen molar-refractivity contribution in [2.24, 2.45) is 0 Å². The summed E-state index contributed by atoms with van der Waals surface area (Å²) in [6, 6.07) is 13.0. The molecule has 0 bridgehead atoms. The topological polar surface area (TPSA) is 56.7 Å². The molecule has 0 unspecified atom stereocenters. The molecule has 1 fully saturated rings. The predicted molar refractivity (Wildman–Crippen MR) is 119 cm³/mol. The third-order valence-corrected chi connectivity index (χ3v) is 6.48. The fourth-order valence-corrected chi connectivity index (χ4v) is 4.02. The minimum absolute atomic E-state index is 0.361. The van der Waals surface area contributed by atoms with Crippen LogP contribution >= 0.6 is 34.8 Å². The van der Waals surface area contributed by atoms with Crippen molar-refractivity contribution in [1.82, 2.24) is 20.0 Å². The minimum atomic E-state index is 0.361. The van der Waals surface area contributed by atoms with Gasteiger partial charge in [0, 0.05) is 22.1 Å². The Balaban J connectivity index is 1.68. The molecule has 0 spiro atoms. The number of hydrogen-bond donors (Lipinski definition) is 0. The molecule has 1 aliphatic rings. The molecule has 0 radical (unpaired) electrons. The molecule has 30 heavy (non-hydrogen) atoms. The van der Waals surface area contributed by atoms with Gasteiger partial charge in [-0.25, -0.2) is 4.68 Å². The van der Waals surface area contributed by atoms with Gasteiger partial charge in [-0.1, -0.05) is 53.4 Å². The van der Waals surface area contributed by atoms with Crippen LogP contribution in [0.1, 0.15) is 36.6 Å². The van der Waals surface area contributed by atoms with E-state index in [0.717, 1.165) is 35.3 Å². The van der Waals surface area contributed by atoms with Crippen molar-refractivity contribution in [3.63, 3.8) is 0 Å². The first-order valence-corrected chi connectivity index (χ1v) is 10.8. The summed E-state index contributed by atoms with van der Waals surface area (Å²) in [4.78, 5) is 0. The number of halogens is 3. The van der Waals surface area contributed by atoms with Crippen LogP contribution in [0.3, 0.4) is 0 Å². The molecule has 8 heteroatoms. The maximum Gasteiger partial charge on any atom is 0.268 e. The molecule has 2 aromatic carbocycles. The van der Waals surface area contributed by atoms with Crippen molar-refractivity contribution in [3.05, 3.63) is 69.0 Å². The van der Waals surface area contributed by atoms with Gasteiger partial charge in [-0.05, 0) is 50.1 Å². The quantitative estimate of drug-likeness (QED) is 0.326.